The molecule has 0 aliphatic carbocycles. The Morgan fingerprint density at radius 2 is 1.92 bits per heavy atom. The Labute approximate surface area is 209 Å². The summed E-state index contributed by atoms with van der Waals surface area (Å²) in [5, 5.41) is 18.0. The number of nitrogens with one attached hydrogen (secondary N) is 1. The third-order valence-corrected chi connectivity index (χ3v) is 6.98. The molecule has 1 amide bonds. The van der Waals surface area contributed by atoms with E-state index in [1.54, 1.807) is 0 Å². The molecule has 0 saturated carbocycles. The van der Waals surface area contributed by atoms with E-state index >= 15 is 0 Å². The van der Waals surface area contributed by atoms with Crippen molar-refractivity contribution in [3.63, 3.8) is 0 Å². The van der Waals surface area contributed by atoms with Gasteiger partial charge in [0.05, 0.1) is 28.4 Å². The largest absolute Gasteiger partial charge is 0.454 e. The first-order chi connectivity index (χ1) is 17.6. The number of aromatic nitrogens is 4. The Bertz CT molecular complexity index is 1430. The Balaban J connectivity index is 1.21. The molecule has 2 aromatic heterocycles. The van der Waals surface area contributed by atoms with Crippen LogP contribution in [0, 0.1) is 19.8 Å². The first kappa shape index (κ1) is 22.3. The molecule has 1 unspecified atom stereocenters. The van der Waals surface area contributed by atoms with E-state index in [1.165, 1.54) is 0 Å². The summed E-state index contributed by atoms with van der Waals surface area (Å²) in [6.07, 6.45) is 1.74. The number of carbonyl (C=O) groups excluding carboxylic acids is 1. The van der Waals surface area contributed by atoms with Crippen molar-refractivity contribution in [1.29, 1.82) is 0 Å². The average Bonchev–Trinajstić information content (AvgIpc) is 3.52. The molecule has 0 radical (unpaired) electrons. The zero-order chi connectivity index (χ0) is 24.6. The van der Waals surface area contributed by atoms with Gasteiger partial charge in [-0.05, 0) is 56.5 Å². The zero-order valence-corrected chi connectivity index (χ0v) is 20.4. The number of piperidine rings is 1. The van der Waals surface area contributed by atoms with E-state index in [2.05, 4.69) is 27.3 Å². The zero-order valence-electron chi connectivity index (χ0n) is 20.4. The van der Waals surface area contributed by atoms with Gasteiger partial charge in [-0.3, -0.25) is 4.79 Å². The van der Waals surface area contributed by atoms with Gasteiger partial charge >= 0.3 is 0 Å². The van der Waals surface area contributed by atoms with Crippen LogP contribution in [0.25, 0.3) is 16.6 Å². The Morgan fingerprint density at radius 3 is 2.78 bits per heavy atom. The first-order valence-electron chi connectivity index (χ1n) is 12.3. The third-order valence-electron chi connectivity index (χ3n) is 6.98. The molecule has 6 rings (SSSR count). The van der Waals surface area contributed by atoms with Crippen molar-refractivity contribution in [2.75, 3.05) is 24.8 Å². The normalized spacial score (nSPS) is 16.9. The Hall–Kier alpha value is -4.14. The second kappa shape index (κ2) is 9.14. The topological polar surface area (TPSA) is 94.4 Å². The minimum atomic E-state index is -0.136. The van der Waals surface area contributed by atoms with E-state index < -0.39 is 0 Å². The van der Waals surface area contributed by atoms with Gasteiger partial charge < -0.3 is 19.7 Å². The maximum absolute atomic E-state index is 13.1. The van der Waals surface area contributed by atoms with E-state index in [1.807, 2.05) is 60.1 Å². The fraction of sp³-hybridized carbons (Fsp3) is 0.333. The van der Waals surface area contributed by atoms with Gasteiger partial charge in [0, 0.05) is 19.6 Å². The van der Waals surface area contributed by atoms with Crippen molar-refractivity contribution in [3.8, 4) is 17.2 Å². The van der Waals surface area contributed by atoms with Crippen LogP contribution in [-0.2, 0) is 11.3 Å². The minimum Gasteiger partial charge on any atom is -0.454 e. The molecule has 2 aromatic carbocycles. The summed E-state index contributed by atoms with van der Waals surface area (Å²) in [7, 11) is 0. The number of nitrogens with zero attached hydrogens (tertiary/aromatic N) is 5. The number of para-hydroxylation sites is 1. The highest BCUT2D eigenvalue weighted by Crippen LogP contribution is 2.33. The second-order valence-corrected chi connectivity index (χ2v) is 9.36. The quantitative estimate of drug-likeness (QED) is 0.462. The van der Waals surface area contributed by atoms with Crippen LogP contribution in [0.5, 0.6) is 11.5 Å². The molecule has 1 fully saturated rings. The molecule has 2 aliphatic rings. The van der Waals surface area contributed by atoms with Crippen LogP contribution in [0.1, 0.15) is 29.8 Å². The lowest BCUT2D eigenvalue weighted by Gasteiger charge is -2.32. The van der Waals surface area contributed by atoms with E-state index in [4.69, 9.17) is 14.6 Å². The van der Waals surface area contributed by atoms with Crippen molar-refractivity contribution in [2.45, 2.75) is 33.2 Å². The molecule has 9 nitrogen and oxygen atoms in total. The van der Waals surface area contributed by atoms with Gasteiger partial charge in [0.15, 0.2) is 17.3 Å². The lowest BCUT2D eigenvalue weighted by molar-refractivity contribution is -0.125. The van der Waals surface area contributed by atoms with Gasteiger partial charge in [0.25, 0.3) is 0 Å². The third kappa shape index (κ3) is 4.00. The van der Waals surface area contributed by atoms with Crippen molar-refractivity contribution < 1.29 is 14.3 Å². The molecule has 4 aromatic rings. The van der Waals surface area contributed by atoms with E-state index in [0.29, 0.717) is 13.1 Å². The molecule has 184 valence electrons. The summed E-state index contributed by atoms with van der Waals surface area (Å²) in [4.78, 5) is 15.3. The Kier molecular flexibility index (Phi) is 5.67. The van der Waals surface area contributed by atoms with Crippen LogP contribution < -0.4 is 19.7 Å². The summed E-state index contributed by atoms with van der Waals surface area (Å²) >= 11 is 0. The second-order valence-electron chi connectivity index (χ2n) is 9.36. The lowest BCUT2D eigenvalue weighted by Crippen LogP contribution is -2.43. The lowest BCUT2D eigenvalue weighted by atomic mass is 9.97. The summed E-state index contributed by atoms with van der Waals surface area (Å²) in [6, 6.07) is 15.8. The standard InChI is InChI=1S/C27H28N6O3/c1-17-24-18(2)33(21-8-4-3-5-9-21)31-25(24)26(30-29-17)32-12-6-7-20(15-32)27(34)28-14-19-10-11-22-23(13-19)36-16-35-22/h3-5,8-11,13,20H,6-7,12,14-16H2,1-2H3,(H,28,34). The number of benzene rings is 2. The molecule has 1 saturated heterocycles. The number of hydrogen-bond donors (Lipinski definition) is 1. The number of amides is 1. The number of fused-ring (bicyclic) bond motifs is 2. The minimum absolute atomic E-state index is 0.0414. The Morgan fingerprint density at radius 1 is 1.08 bits per heavy atom. The SMILES string of the molecule is Cc1nnc(N2CCCC(C(=O)NCc3ccc4c(c3)OCO4)C2)c2nn(-c3ccccc3)c(C)c12. The highest BCUT2D eigenvalue weighted by molar-refractivity contribution is 5.92. The number of anilines is 1. The molecule has 1 atom stereocenters. The van der Waals surface area contributed by atoms with Crippen molar-refractivity contribution in [3.05, 3.63) is 65.5 Å². The number of hydrogen-bond acceptors (Lipinski definition) is 7. The number of ether oxygens (including phenoxy) is 2. The maximum Gasteiger partial charge on any atom is 0.231 e. The molecule has 36 heavy (non-hydrogen) atoms. The number of rotatable bonds is 5. The summed E-state index contributed by atoms with van der Waals surface area (Å²) in [5.41, 5.74) is 4.68. The van der Waals surface area contributed by atoms with Gasteiger partial charge in [0.2, 0.25) is 12.7 Å². The molecule has 4 heterocycles. The number of carbonyl (C=O) groups is 1. The molecule has 1 N–H and O–H groups in total. The van der Waals surface area contributed by atoms with Crippen molar-refractivity contribution in [2.24, 2.45) is 5.92 Å². The highest BCUT2D eigenvalue weighted by atomic mass is 16.7. The van der Waals surface area contributed by atoms with E-state index in [9.17, 15) is 4.79 Å². The monoisotopic (exact) mass is 484 g/mol. The van der Waals surface area contributed by atoms with Crippen LogP contribution in [0.4, 0.5) is 5.82 Å². The highest BCUT2D eigenvalue weighted by Gasteiger charge is 2.29. The smallest absolute Gasteiger partial charge is 0.231 e. The molecule has 2 aliphatic heterocycles. The fourth-order valence-corrected chi connectivity index (χ4v) is 5.11. The first-order valence-corrected chi connectivity index (χ1v) is 12.3. The van der Waals surface area contributed by atoms with Gasteiger partial charge in [0.1, 0.15) is 5.52 Å². The molecule has 0 bridgehead atoms. The van der Waals surface area contributed by atoms with Gasteiger partial charge in [-0.2, -0.15) is 10.2 Å². The molecule has 0 spiro atoms. The van der Waals surface area contributed by atoms with Crippen LogP contribution in [0.15, 0.2) is 48.5 Å². The van der Waals surface area contributed by atoms with Gasteiger partial charge in [-0.15, -0.1) is 5.10 Å². The van der Waals surface area contributed by atoms with Crippen LogP contribution in [-0.4, -0.2) is 45.8 Å². The van der Waals surface area contributed by atoms with Crippen molar-refractivity contribution >= 4 is 22.6 Å². The predicted octanol–water partition coefficient (Wildman–Crippen LogP) is 3.69. The predicted molar refractivity (Wildman–Crippen MR) is 135 cm³/mol. The maximum atomic E-state index is 13.1. The summed E-state index contributed by atoms with van der Waals surface area (Å²) in [5.74, 6) is 2.10. The molecular formula is C27H28N6O3. The van der Waals surface area contributed by atoms with Crippen molar-refractivity contribution in [1.82, 2.24) is 25.3 Å². The summed E-state index contributed by atoms with van der Waals surface area (Å²) in [6.45, 7) is 6.10. The fourth-order valence-electron chi connectivity index (χ4n) is 5.11. The van der Waals surface area contributed by atoms with Crippen LogP contribution in [0.3, 0.4) is 0 Å². The number of aryl methyl sites for hydroxylation is 2. The van der Waals surface area contributed by atoms with Gasteiger partial charge in [-0.25, -0.2) is 4.68 Å². The van der Waals surface area contributed by atoms with Crippen LogP contribution in [0.2, 0.25) is 0 Å². The molecule has 9 heteroatoms. The molecular weight excluding hydrogens is 456 g/mol. The average molecular weight is 485 g/mol. The van der Waals surface area contributed by atoms with Crippen LogP contribution >= 0.6 is 0 Å². The van der Waals surface area contributed by atoms with Gasteiger partial charge in [-0.1, -0.05) is 24.3 Å². The summed E-state index contributed by atoms with van der Waals surface area (Å²) < 4.78 is 12.8. The van der Waals surface area contributed by atoms with E-state index in [-0.39, 0.29) is 18.6 Å². The van der Waals surface area contributed by atoms with E-state index in [0.717, 1.165) is 70.2 Å².